The summed E-state index contributed by atoms with van der Waals surface area (Å²) in [6, 6.07) is 14.1. The summed E-state index contributed by atoms with van der Waals surface area (Å²) < 4.78 is 1.07. The number of fused-ring (bicyclic) bond motifs is 1. The molecule has 0 saturated carbocycles. The van der Waals surface area contributed by atoms with Crippen LogP contribution in [0.3, 0.4) is 0 Å². The highest BCUT2D eigenvalue weighted by Gasteiger charge is 2.17. The maximum atomic E-state index is 13.3. The fourth-order valence-electron chi connectivity index (χ4n) is 3.64. The Kier molecular flexibility index (Phi) is 5.28. The van der Waals surface area contributed by atoms with Crippen LogP contribution < -0.4 is 5.32 Å². The molecular formula is C24H21BrN2OS. The lowest BCUT2D eigenvalue weighted by molar-refractivity contribution is 0.102. The number of carbonyl (C=O) groups excluding carboxylic acids is 1. The van der Waals surface area contributed by atoms with E-state index in [9.17, 15) is 4.79 Å². The number of thiophene rings is 1. The zero-order chi connectivity index (χ0) is 20.7. The van der Waals surface area contributed by atoms with Gasteiger partial charge in [0, 0.05) is 15.5 Å². The third-order valence-corrected chi connectivity index (χ3v) is 7.10. The van der Waals surface area contributed by atoms with Gasteiger partial charge in [0.15, 0.2) is 0 Å². The molecule has 4 aromatic rings. The number of pyridine rings is 1. The van der Waals surface area contributed by atoms with E-state index in [0.29, 0.717) is 5.56 Å². The van der Waals surface area contributed by atoms with E-state index >= 15 is 0 Å². The molecule has 29 heavy (non-hydrogen) atoms. The van der Waals surface area contributed by atoms with Crippen LogP contribution in [0.5, 0.6) is 0 Å². The molecule has 3 nitrogen and oxygen atoms in total. The monoisotopic (exact) mass is 464 g/mol. The Morgan fingerprint density at radius 1 is 1.00 bits per heavy atom. The van der Waals surface area contributed by atoms with Crippen LogP contribution in [-0.2, 0) is 0 Å². The lowest BCUT2D eigenvalue weighted by atomic mass is 10.0. The van der Waals surface area contributed by atoms with Crippen molar-refractivity contribution in [2.75, 3.05) is 5.32 Å². The number of aromatic nitrogens is 1. The van der Waals surface area contributed by atoms with Crippen LogP contribution >= 0.6 is 27.3 Å². The van der Waals surface area contributed by atoms with E-state index in [1.807, 2.05) is 69.5 Å². The molecule has 2 aromatic carbocycles. The van der Waals surface area contributed by atoms with Crippen LogP contribution in [0, 0.1) is 27.7 Å². The first kappa shape index (κ1) is 19.8. The number of hydrogen-bond donors (Lipinski definition) is 1. The molecule has 0 fully saturated rings. The zero-order valence-electron chi connectivity index (χ0n) is 16.8. The standard InChI is InChI=1S/C24H21BrN2OS/c1-13-8-16(4)23-18(9-13)19(12-20(27-23)21-6-5-7-29-21)24(28)26-17-10-14(2)22(25)15(3)11-17/h5-12H,1-4H3,(H,26,28). The molecule has 0 bridgehead atoms. The average Bonchev–Trinajstić information content (AvgIpc) is 3.20. The molecule has 0 spiro atoms. The van der Waals surface area contributed by atoms with Crippen LogP contribution in [0.4, 0.5) is 5.69 Å². The lowest BCUT2D eigenvalue weighted by Gasteiger charge is -2.13. The fraction of sp³-hybridized carbons (Fsp3) is 0.167. The summed E-state index contributed by atoms with van der Waals surface area (Å²) in [6.45, 7) is 8.14. The largest absolute Gasteiger partial charge is 0.322 e. The van der Waals surface area contributed by atoms with Gasteiger partial charge in [-0.1, -0.05) is 33.6 Å². The third kappa shape index (κ3) is 3.85. The number of benzene rings is 2. The van der Waals surface area contributed by atoms with Gasteiger partial charge in [0.1, 0.15) is 0 Å². The van der Waals surface area contributed by atoms with Crippen LogP contribution in [0.2, 0.25) is 0 Å². The predicted molar refractivity (Wildman–Crippen MR) is 126 cm³/mol. The van der Waals surface area contributed by atoms with Gasteiger partial charge in [-0.25, -0.2) is 4.98 Å². The summed E-state index contributed by atoms with van der Waals surface area (Å²) in [5, 5.41) is 5.99. The van der Waals surface area contributed by atoms with Crippen molar-refractivity contribution in [3.63, 3.8) is 0 Å². The molecule has 146 valence electrons. The molecule has 0 aliphatic heterocycles. The van der Waals surface area contributed by atoms with Crippen LogP contribution in [0.25, 0.3) is 21.5 Å². The number of halogens is 1. The highest BCUT2D eigenvalue weighted by Crippen LogP contribution is 2.31. The Morgan fingerprint density at radius 2 is 1.72 bits per heavy atom. The van der Waals surface area contributed by atoms with Gasteiger partial charge in [0.2, 0.25) is 0 Å². The van der Waals surface area contributed by atoms with Crippen molar-refractivity contribution in [2.45, 2.75) is 27.7 Å². The Labute approximate surface area is 182 Å². The maximum absolute atomic E-state index is 13.3. The van der Waals surface area contributed by atoms with E-state index in [4.69, 9.17) is 4.98 Å². The summed E-state index contributed by atoms with van der Waals surface area (Å²) in [5.74, 6) is -0.124. The molecule has 0 saturated heterocycles. The quantitative estimate of drug-likeness (QED) is 0.347. The first-order valence-corrected chi connectivity index (χ1v) is 11.0. The van der Waals surface area contributed by atoms with Crippen LogP contribution in [0.1, 0.15) is 32.6 Å². The number of carbonyl (C=O) groups is 1. The molecule has 2 aromatic heterocycles. The van der Waals surface area contributed by atoms with Gasteiger partial charge in [-0.3, -0.25) is 4.79 Å². The van der Waals surface area contributed by atoms with Gasteiger partial charge in [-0.2, -0.15) is 0 Å². The number of hydrogen-bond acceptors (Lipinski definition) is 3. The first-order chi connectivity index (χ1) is 13.8. The summed E-state index contributed by atoms with van der Waals surface area (Å²) in [7, 11) is 0. The van der Waals surface area contributed by atoms with Crippen molar-refractivity contribution in [3.8, 4) is 10.6 Å². The van der Waals surface area contributed by atoms with Crippen molar-refractivity contribution in [2.24, 2.45) is 0 Å². The molecule has 1 amide bonds. The van der Waals surface area contributed by atoms with Crippen LogP contribution in [-0.4, -0.2) is 10.9 Å². The summed E-state index contributed by atoms with van der Waals surface area (Å²) in [5.41, 5.74) is 7.50. The highest BCUT2D eigenvalue weighted by atomic mass is 79.9. The van der Waals surface area contributed by atoms with Gasteiger partial charge in [0.05, 0.1) is 21.7 Å². The van der Waals surface area contributed by atoms with E-state index in [0.717, 1.165) is 53.9 Å². The maximum Gasteiger partial charge on any atom is 0.256 e. The van der Waals surface area contributed by atoms with E-state index in [2.05, 4.69) is 27.3 Å². The zero-order valence-corrected chi connectivity index (χ0v) is 19.2. The summed E-state index contributed by atoms with van der Waals surface area (Å²) in [6.07, 6.45) is 0. The Balaban J connectivity index is 1.86. The van der Waals surface area contributed by atoms with E-state index in [-0.39, 0.29) is 5.91 Å². The smallest absolute Gasteiger partial charge is 0.256 e. The minimum Gasteiger partial charge on any atom is -0.322 e. The van der Waals surface area contributed by atoms with Gasteiger partial charge < -0.3 is 5.32 Å². The van der Waals surface area contributed by atoms with E-state index < -0.39 is 0 Å². The Morgan fingerprint density at radius 3 is 2.38 bits per heavy atom. The molecule has 5 heteroatoms. The van der Waals surface area contributed by atoms with Crippen molar-refractivity contribution in [1.29, 1.82) is 0 Å². The first-order valence-electron chi connectivity index (χ1n) is 9.37. The summed E-state index contributed by atoms with van der Waals surface area (Å²) >= 11 is 5.21. The lowest BCUT2D eigenvalue weighted by Crippen LogP contribution is -2.13. The number of amides is 1. The molecule has 2 heterocycles. The molecule has 0 atom stereocenters. The normalized spacial score (nSPS) is 11.1. The molecule has 0 unspecified atom stereocenters. The molecule has 0 aliphatic rings. The number of anilines is 1. The molecule has 0 aliphatic carbocycles. The second kappa shape index (κ2) is 7.73. The Hall–Kier alpha value is -2.50. The topological polar surface area (TPSA) is 42.0 Å². The molecule has 4 rings (SSSR count). The fourth-order valence-corrected chi connectivity index (χ4v) is 4.55. The minimum atomic E-state index is -0.124. The number of rotatable bonds is 3. The molecular weight excluding hydrogens is 444 g/mol. The van der Waals surface area contributed by atoms with Gasteiger partial charge in [-0.05, 0) is 80.1 Å². The average molecular weight is 465 g/mol. The van der Waals surface area contributed by atoms with Crippen LogP contribution in [0.15, 0.2) is 52.3 Å². The summed E-state index contributed by atoms with van der Waals surface area (Å²) in [4.78, 5) is 19.3. The Bertz CT molecular complexity index is 1220. The van der Waals surface area contributed by atoms with Crippen molar-refractivity contribution in [1.82, 2.24) is 4.98 Å². The number of nitrogens with zero attached hydrogens (tertiary/aromatic N) is 1. The van der Waals surface area contributed by atoms with E-state index in [1.54, 1.807) is 11.3 Å². The number of aryl methyl sites for hydroxylation is 4. The predicted octanol–water partition coefficient (Wildman–Crippen LogP) is 7.21. The van der Waals surface area contributed by atoms with Crippen molar-refractivity contribution >= 4 is 49.8 Å². The van der Waals surface area contributed by atoms with Crippen molar-refractivity contribution in [3.05, 3.63) is 80.1 Å². The molecule has 0 radical (unpaired) electrons. The second-order valence-electron chi connectivity index (χ2n) is 7.39. The van der Waals surface area contributed by atoms with E-state index in [1.165, 1.54) is 0 Å². The van der Waals surface area contributed by atoms with Crippen molar-refractivity contribution < 1.29 is 4.79 Å². The second-order valence-corrected chi connectivity index (χ2v) is 9.13. The van der Waals surface area contributed by atoms with Gasteiger partial charge >= 0.3 is 0 Å². The minimum absolute atomic E-state index is 0.124. The molecule has 1 N–H and O–H groups in total. The van der Waals surface area contributed by atoms with Gasteiger partial charge in [0.25, 0.3) is 5.91 Å². The highest BCUT2D eigenvalue weighted by molar-refractivity contribution is 9.10. The number of nitrogens with one attached hydrogen (secondary N) is 1. The van der Waals surface area contributed by atoms with Gasteiger partial charge in [-0.15, -0.1) is 11.3 Å². The third-order valence-electron chi connectivity index (χ3n) is 4.96. The SMILES string of the molecule is Cc1cc(C)c2nc(-c3cccs3)cc(C(=O)Nc3cc(C)c(Br)c(C)c3)c2c1.